The van der Waals surface area contributed by atoms with E-state index in [0.29, 0.717) is 17.8 Å². The van der Waals surface area contributed by atoms with Crippen molar-refractivity contribution in [1.82, 2.24) is 0 Å². The summed E-state index contributed by atoms with van der Waals surface area (Å²) in [6.07, 6.45) is 17.0. The van der Waals surface area contributed by atoms with Crippen LogP contribution in [-0.4, -0.2) is 0 Å². The molecule has 47 heavy (non-hydrogen) atoms. The second kappa shape index (κ2) is 20.9. The van der Waals surface area contributed by atoms with Crippen LogP contribution in [0.3, 0.4) is 0 Å². The van der Waals surface area contributed by atoms with E-state index in [9.17, 15) is 0 Å². The molecule has 2 heterocycles. The van der Waals surface area contributed by atoms with Gasteiger partial charge in [0.25, 0.3) is 0 Å². The largest absolute Gasteiger partial charge is 0.145 e. The van der Waals surface area contributed by atoms with Crippen molar-refractivity contribution in [3.05, 3.63) is 131 Å². The second-order valence-corrected chi connectivity index (χ2v) is 17.3. The van der Waals surface area contributed by atoms with E-state index in [4.69, 9.17) is 11.6 Å². The first-order chi connectivity index (χ1) is 22.2. The van der Waals surface area contributed by atoms with E-state index >= 15 is 0 Å². The number of thiophene rings is 2. The predicted octanol–water partition coefficient (Wildman–Crippen LogP) is 15.4. The van der Waals surface area contributed by atoms with Gasteiger partial charge in [0.15, 0.2) is 0 Å². The van der Waals surface area contributed by atoms with Crippen molar-refractivity contribution in [1.29, 1.82) is 0 Å². The normalized spacial score (nSPS) is 14.3. The highest BCUT2D eigenvalue weighted by Gasteiger charge is 2.13. The molecule has 0 amide bonds. The maximum Gasteiger partial charge on any atom is 0.0931 e. The van der Waals surface area contributed by atoms with Gasteiger partial charge in [-0.2, -0.15) is 0 Å². The van der Waals surface area contributed by atoms with Crippen molar-refractivity contribution in [3.8, 4) is 0 Å². The lowest BCUT2D eigenvalue weighted by atomic mass is 10.0. The summed E-state index contributed by atoms with van der Waals surface area (Å²) in [6, 6.07) is 17.1. The van der Waals surface area contributed by atoms with E-state index in [1.165, 1.54) is 44.2 Å². The number of hydrogen-bond donors (Lipinski definition) is 0. The van der Waals surface area contributed by atoms with Crippen LogP contribution in [0.25, 0.3) is 6.08 Å². The second-order valence-electron chi connectivity index (χ2n) is 14.2. The Kier molecular flexibility index (Phi) is 18.1. The summed E-state index contributed by atoms with van der Waals surface area (Å²) in [6.45, 7) is 26.6. The minimum absolute atomic E-state index is 0.613. The summed E-state index contributed by atoms with van der Waals surface area (Å²) in [5.74, 6) is 3.48. The molecule has 6 rings (SSSR count). The van der Waals surface area contributed by atoms with Crippen LogP contribution in [0.15, 0.2) is 101 Å². The van der Waals surface area contributed by atoms with E-state index in [1.807, 2.05) is 17.4 Å². The SMILES string of the molecule is CC(C)C1=CC=CC1.CC(C)C1=Cc2ccccc2C1.CC(C)c1ccc(Cl)s1.CC1=CCC(C(C)C)=C1.Cc1ccc(C(C)C)s1. The molecule has 0 aliphatic heterocycles. The Hall–Kier alpha value is -2.39. The minimum atomic E-state index is 0.613. The van der Waals surface area contributed by atoms with E-state index in [1.54, 1.807) is 28.1 Å². The molecule has 0 N–H and O–H groups in total. The van der Waals surface area contributed by atoms with Crippen molar-refractivity contribution in [2.75, 3.05) is 0 Å². The maximum atomic E-state index is 5.72. The molecule has 0 bridgehead atoms. The van der Waals surface area contributed by atoms with Gasteiger partial charge >= 0.3 is 0 Å². The molecule has 3 heteroatoms. The van der Waals surface area contributed by atoms with Crippen molar-refractivity contribution < 1.29 is 0 Å². The molecule has 2 aromatic heterocycles. The lowest BCUT2D eigenvalue weighted by Gasteiger charge is -2.04. The van der Waals surface area contributed by atoms with Crippen molar-refractivity contribution >= 4 is 40.4 Å². The number of allylic oxidation sites excluding steroid dienone is 9. The number of benzene rings is 1. The summed E-state index contributed by atoms with van der Waals surface area (Å²) >= 11 is 9.28. The summed E-state index contributed by atoms with van der Waals surface area (Å²) in [4.78, 5) is 4.27. The highest BCUT2D eigenvalue weighted by Crippen LogP contribution is 2.29. The van der Waals surface area contributed by atoms with Crippen LogP contribution >= 0.6 is 34.3 Å². The zero-order valence-corrected chi connectivity index (χ0v) is 33.7. The van der Waals surface area contributed by atoms with Gasteiger partial charge in [0, 0.05) is 14.6 Å². The average molecular weight is 690 g/mol. The van der Waals surface area contributed by atoms with Crippen LogP contribution in [0.4, 0.5) is 0 Å². The van der Waals surface area contributed by atoms with Gasteiger partial charge in [-0.05, 0) is 98.1 Å². The Morgan fingerprint density at radius 3 is 1.53 bits per heavy atom. The molecule has 1 aromatic carbocycles. The smallest absolute Gasteiger partial charge is 0.0931 e. The highest BCUT2D eigenvalue weighted by molar-refractivity contribution is 7.16. The molecule has 3 aliphatic carbocycles. The number of hydrogen-bond acceptors (Lipinski definition) is 2. The summed E-state index contributed by atoms with van der Waals surface area (Å²) in [7, 11) is 0. The molecule has 0 saturated heterocycles. The van der Waals surface area contributed by atoms with E-state index in [-0.39, 0.29) is 0 Å². The summed E-state index contributed by atoms with van der Waals surface area (Å²) < 4.78 is 0.888. The fourth-order valence-corrected chi connectivity index (χ4v) is 7.01. The van der Waals surface area contributed by atoms with E-state index < -0.39 is 0 Å². The maximum absolute atomic E-state index is 5.72. The molecule has 3 aliphatic rings. The third kappa shape index (κ3) is 15.1. The molecule has 0 fully saturated rings. The van der Waals surface area contributed by atoms with Crippen LogP contribution in [0.2, 0.25) is 4.34 Å². The van der Waals surface area contributed by atoms with Gasteiger partial charge in [-0.15, -0.1) is 22.7 Å². The molecule has 0 spiro atoms. The van der Waals surface area contributed by atoms with Gasteiger partial charge in [-0.25, -0.2) is 0 Å². The Bertz CT molecular complexity index is 1470. The Balaban J connectivity index is 0.000000206. The van der Waals surface area contributed by atoms with Crippen LogP contribution in [0.1, 0.15) is 127 Å². The average Bonchev–Trinajstić information content (AvgIpc) is 3.85. The first-order valence-electron chi connectivity index (χ1n) is 17.5. The fourth-order valence-electron chi connectivity index (χ4n) is 5.06. The van der Waals surface area contributed by atoms with Gasteiger partial charge in [-0.3, -0.25) is 0 Å². The molecule has 3 aromatic rings. The van der Waals surface area contributed by atoms with Gasteiger partial charge in [0.05, 0.1) is 4.34 Å². The van der Waals surface area contributed by atoms with Crippen LogP contribution in [0, 0.1) is 24.7 Å². The zero-order chi connectivity index (χ0) is 35.1. The topological polar surface area (TPSA) is 0 Å². The monoisotopic (exact) mass is 688 g/mol. The van der Waals surface area contributed by atoms with Gasteiger partial charge in [0.2, 0.25) is 0 Å². The molecule has 256 valence electrons. The lowest BCUT2D eigenvalue weighted by Crippen LogP contribution is -1.92. The Morgan fingerprint density at radius 2 is 1.19 bits per heavy atom. The first kappa shape index (κ1) is 40.8. The number of fused-ring (bicyclic) bond motifs is 1. The zero-order valence-electron chi connectivity index (χ0n) is 31.3. The number of rotatable bonds is 5. The third-order valence-corrected chi connectivity index (χ3v) is 11.2. The predicted molar refractivity (Wildman–Crippen MR) is 217 cm³/mol. The minimum Gasteiger partial charge on any atom is -0.145 e. The highest BCUT2D eigenvalue weighted by atomic mass is 35.5. The van der Waals surface area contributed by atoms with Crippen LogP contribution in [0.5, 0.6) is 0 Å². The lowest BCUT2D eigenvalue weighted by molar-refractivity contribution is 0.753. The van der Waals surface area contributed by atoms with Crippen molar-refractivity contribution in [3.63, 3.8) is 0 Å². The van der Waals surface area contributed by atoms with Crippen LogP contribution < -0.4 is 0 Å². The quantitative estimate of drug-likeness (QED) is 0.250. The van der Waals surface area contributed by atoms with Gasteiger partial charge in [0.1, 0.15) is 0 Å². The molecular formula is C44H61ClS2. The summed E-state index contributed by atoms with van der Waals surface area (Å²) in [5, 5.41) is 0. The molecular weight excluding hydrogens is 628 g/mol. The van der Waals surface area contributed by atoms with E-state index in [0.717, 1.165) is 22.6 Å². The molecule has 0 saturated carbocycles. The first-order valence-corrected chi connectivity index (χ1v) is 19.5. The number of aryl methyl sites for hydroxylation is 1. The Morgan fingerprint density at radius 1 is 0.596 bits per heavy atom. The standard InChI is InChI=1S/C12H14.C9H14.C8H12S.C8H12.C7H9ClS/c1-9(2)12-7-10-5-3-4-6-11(10)8-12;1-7(2)9-5-4-8(3)6-9;1-6(2)8-5-4-7(3)9-8;1-7(2)8-5-3-4-6-8;1-5(2)6-3-4-7(8)9-6/h3-7,9H,8H2,1-2H3;4,6-7H,5H2,1-3H3;4-6H,1-3H3;3-5,7H,6H2,1-2H3;3-5H,1-2H3. The molecule has 0 atom stereocenters. The Labute approximate surface area is 302 Å². The van der Waals surface area contributed by atoms with Crippen LogP contribution in [-0.2, 0) is 6.42 Å². The van der Waals surface area contributed by atoms with Gasteiger partial charge in [-0.1, -0.05) is 164 Å². The molecule has 0 unspecified atom stereocenters. The summed E-state index contributed by atoms with van der Waals surface area (Å²) in [5.41, 5.74) is 9.04. The van der Waals surface area contributed by atoms with Gasteiger partial charge < -0.3 is 0 Å². The van der Waals surface area contributed by atoms with Crippen molar-refractivity contribution in [2.45, 2.75) is 114 Å². The third-order valence-electron chi connectivity index (χ3n) is 8.38. The van der Waals surface area contributed by atoms with E-state index in [2.05, 4.69) is 162 Å². The fraction of sp³-hybridized carbons (Fsp3) is 0.455. The molecule has 0 nitrogen and oxygen atoms in total. The molecule has 0 radical (unpaired) electrons. The number of halogens is 1. The van der Waals surface area contributed by atoms with Crippen molar-refractivity contribution in [2.24, 2.45) is 17.8 Å².